The number of benzene rings is 1. The second-order valence-electron chi connectivity index (χ2n) is 4.30. The van der Waals surface area contributed by atoms with Gasteiger partial charge in [-0.05, 0) is 25.0 Å². The van der Waals surface area contributed by atoms with E-state index < -0.39 is 17.9 Å². The van der Waals surface area contributed by atoms with Crippen molar-refractivity contribution in [3.8, 4) is 5.75 Å². The Bertz CT molecular complexity index is 445. The molecule has 5 nitrogen and oxygen atoms in total. The zero-order valence-electron chi connectivity index (χ0n) is 11.2. The monoisotopic (exact) mass is 265 g/mol. The highest BCUT2D eigenvalue weighted by atomic mass is 16.5. The number of carboxylic acids is 1. The largest absolute Gasteiger partial charge is 0.484 e. The van der Waals surface area contributed by atoms with Crippen LogP contribution in [0.4, 0.5) is 0 Å². The summed E-state index contributed by atoms with van der Waals surface area (Å²) in [4.78, 5) is 22.5. The lowest BCUT2D eigenvalue weighted by Crippen LogP contribution is -2.42. The van der Waals surface area contributed by atoms with Gasteiger partial charge >= 0.3 is 5.97 Å². The number of nitrogens with one attached hydrogen (secondary N) is 1. The van der Waals surface area contributed by atoms with Crippen LogP contribution in [0, 0.1) is 6.92 Å². The maximum atomic E-state index is 11.6. The number of rotatable bonds is 7. The lowest BCUT2D eigenvalue weighted by molar-refractivity contribution is -0.142. The van der Waals surface area contributed by atoms with Crippen LogP contribution in [0.1, 0.15) is 25.3 Å². The average molecular weight is 265 g/mol. The van der Waals surface area contributed by atoms with Gasteiger partial charge in [-0.15, -0.1) is 0 Å². The molecule has 0 fully saturated rings. The summed E-state index contributed by atoms with van der Waals surface area (Å²) in [5.41, 5.74) is 0.929. The van der Waals surface area contributed by atoms with E-state index in [2.05, 4.69) is 5.32 Å². The van der Waals surface area contributed by atoms with Crippen LogP contribution in [-0.2, 0) is 9.59 Å². The quantitative estimate of drug-likeness (QED) is 0.787. The van der Waals surface area contributed by atoms with Crippen LogP contribution in [0.5, 0.6) is 5.75 Å². The molecule has 19 heavy (non-hydrogen) atoms. The SMILES string of the molecule is CCC[C@H](NC(=O)COc1ccccc1C)C(=O)O. The predicted molar refractivity (Wildman–Crippen MR) is 71.1 cm³/mol. The number of carbonyl (C=O) groups excluding carboxylic acids is 1. The fourth-order valence-electron chi connectivity index (χ4n) is 1.64. The van der Waals surface area contributed by atoms with Crippen molar-refractivity contribution in [1.29, 1.82) is 0 Å². The van der Waals surface area contributed by atoms with E-state index in [1.165, 1.54) is 0 Å². The third-order valence-electron chi connectivity index (χ3n) is 2.66. The van der Waals surface area contributed by atoms with Crippen LogP contribution < -0.4 is 10.1 Å². The molecule has 0 aliphatic rings. The smallest absolute Gasteiger partial charge is 0.326 e. The van der Waals surface area contributed by atoms with Crippen molar-refractivity contribution >= 4 is 11.9 Å². The minimum Gasteiger partial charge on any atom is -0.484 e. The standard InChI is InChI=1S/C14H19NO4/c1-3-6-11(14(17)18)15-13(16)9-19-12-8-5-4-7-10(12)2/h4-5,7-8,11H,3,6,9H2,1-2H3,(H,15,16)(H,17,18)/t11-/m0/s1. The maximum absolute atomic E-state index is 11.6. The van der Waals surface area contributed by atoms with Crippen molar-refractivity contribution in [2.45, 2.75) is 32.7 Å². The molecule has 0 heterocycles. The number of hydrogen-bond acceptors (Lipinski definition) is 3. The molecule has 0 saturated carbocycles. The molecule has 0 saturated heterocycles. The van der Waals surface area contributed by atoms with E-state index in [1.54, 1.807) is 6.07 Å². The van der Waals surface area contributed by atoms with Gasteiger partial charge in [0, 0.05) is 0 Å². The highest BCUT2D eigenvalue weighted by Crippen LogP contribution is 2.15. The molecule has 104 valence electrons. The summed E-state index contributed by atoms with van der Waals surface area (Å²) in [6.07, 6.45) is 1.10. The summed E-state index contributed by atoms with van der Waals surface area (Å²) in [5, 5.41) is 11.4. The zero-order chi connectivity index (χ0) is 14.3. The molecule has 1 atom stereocenters. The van der Waals surface area contributed by atoms with E-state index in [-0.39, 0.29) is 6.61 Å². The van der Waals surface area contributed by atoms with Crippen molar-refractivity contribution in [1.82, 2.24) is 5.32 Å². The van der Waals surface area contributed by atoms with Gasteiger partial charge < -0.3 is 15.2 Å². The second-order valence-corrected chi connectivity index (χ2v) is 4.30. The Morgan fingerprint density at radius 2 is 2.05 bits per heavy atom. The van der Waals surface area contributed by atoms with Crippen LogP contribution in [-0.4, -0.2) is 29.6 Å². The first-order valence-electron chi connectivity index (χ1n) is 6.25. The van der Waals surface area contributed by atoms with Gasteiger partial charge in [-0.25, -0.2) is 4.79 Å². The average Bonchev–Trinajstić information content (AvgIpc) is 2.37. The molecule has 0 aliphatic heterocycles. The van der Waals surface area contributed by atoms with Crippen molar-refractivity contribution in [2.24, 2.45) is 0 Å². The molecular weight excluding hydrogens is 246 g/mol. The summed E-state index contributed by atoms with van der Waals surface area (Å²) < 4.78 is 5.35. The number of hydrogen-bond donors (Lipinski definition) is 2. The van der Waals surface area contributed by atoms with Crippen molar-refractivity contribution < 1.29 is 19.4 Å². The van der Waals surface area contributed by atoms with Crippen LogP contribution >= 0.6 is 0 Å². The van der Waals surface area contributed by atoms with Gasteiger partial charge in [0.2, 0.25) is 0 Å². The fraction of sp³-hybridized carbons (Fsp3) is 0.429. The first-order valence-corrected chi connectivity index (χ1v) is 6.25. The van der Waals surface area contributed by atoms with Gasteiger partial charge in [0.05, 0.1) is 0 Å². The summed E-state index contributed by atoms with van der Waals surface area (Å²) in [6.45, 7) is 3.56. The highest BCUT2D eigenvalue weighted by Gasteiger charge is 2.18. The first kappa shape index (κ1) is 15.0. The number of aryl methyl sites for hydroxylation is 1. The molecule has 0 unspecified atom stereocenters. The Morgan fingerprint density at radius 1 is 1.37 bits per heavy atom. The zero-order valence-corrected chi connectivity index (χ0v) is 11.2. The third kappa shape index (κ3) is 4.99. The van der Waals surface area contributed by atoms with Crippen LogP contribution in [0.2, 0.25) is 0 Å². The highest BCUT2D eigenvalue weighted by molar-refractivity contribution is 5.84. The number of ether oxygens (including phenoxy) is 1. The fourth-order valence-corrected chi connectivity index (χ4v) is 1.64. The minimum atomic E-state index is -1.02. The van der Waals surface area contributed by atoms with Gasteiger partial charge in [-0.2, -0.15) is 0 Å². The molecular formula is C14H19NO4. The Kier molecular flexibility index (Phi) is 5.85. The summed E-state index contributed by atoms with van der Waals surface area (Å²) >= 11 is 0. The molecule has 2 N–H and O–H groups in total. The molecule has 1 aromatic rings. The molecule has 0 bridgehead atoms. The number of aliphatic carboxylic acids is 1. The van der Waals surface area contributed by atoms with Gasteiger partial charge in [-0.3, -0.25) is 4.79 Å². The molecule has 0 aliphatic carbocycles. The number of carboxylic acid groups (broad SMARTS) is 1. The Balaban J connectivity index is 2.47. The predicted octanol–water partition coefficient (Wildman–Crippen LogP) is 1.74. The van der Waals surface area contributed by atoms with E-state index in [0.29, 0.717) is 18.6 Å². The van der Waals surface area contributed by atoms with Crippen LogP contribution in [0.25, 0.3) is 0 Å². The van der Waals surface area contributed by atoms with Crippen molar-refractivity contribution in [3.63, 3.8) is 0 Å². The first-order chi connectivity index (χ1) is 9.04. The lowest BCUT2D eigenvalue weighted by atomic mass is 10.2. The number of amides is 1. The molecule has 0 radical (unpaired) electrons. The molecule has 1 aromatic carbocycles. The normalized spacial score (nSPS) is 11.7. The van der Waals surface area contributed by atoms with E-state index in [0.717, 1.165) is 5.56 Å². The summed E-state index contributed by atoms with van der Waals surface area (Å²) in [7, 11) is 0. The lowest BCUT2D eigenvalue weighted by Gasteiger charge is -2.14. The second kappa shape index (κ2) is 7.41. The Morgan fingerprint density at radius 3 is 2.63 bits per heavy atom. The molecule has 0 aromatic heterocycles. The topological polar surface area (TPSA) is 75.6 Å². The number of carbonyl (C=O) groups is 2. The van der Waals surface area contributed by atoms with Crippen LogP contribution in [0.15, 0.2) is 24.3 Å². The van der Waals surface area contributed by atoms with E-state index in [4.69, 9.17) is 9.84 Å². The minimum absolute atomic E-state index is 0.182. The number of para-hydroxylation sites is 1. The molecule has 1 rings (SSSR count). The van der Waals surface area contributed by atoms with E-state index in [9.17, 15) is 9.59 Å². The Labute approximate surface area is 112 Å². The molecule has 0 spiro atoms. The molecule has 5 heteroatoms. The van der Waals surface area contributed by atoms with Crippen molar-refractivity contribution in [3.05, 3.63) is 29.8 Å². The third-order valence-corrected chi connectivity index (χ3v) is 2.66. The van der Waals surface area contributed by atoms with Gasteiger partial charge in [0.1, 0.15) is 11.8 Å². The Hall–Kier alpha value is -2.04. The van der Waals surface area contributed by atoms with Crippen molar-refractivity contribution in [2.75, 3.05) is 6.61 Å². The molecule has 1 amide bonds. The van der Waals surface area contributed by atoms with Gasteiger partial charge in [-0.1, -0.05) is 31.5 Å². The van der Waals surface area contributed by atoms with Crippen LogP contribution in [0.3, 0.4) is 0 Å². The van der Waals surface area contributed by atoms with Gasteiger partial charge in [0.25, 0.3) is 5.91 Å². The summed E-state index contributed by atoms with van der Waals surface area (Å²) in [5.74, 6) is -0.824. The van der Waals surface area contributed by atoms with E-state index >= 15 is 0 Å². The van der Waals surface area contributed by atoms with Gasteiger partial charge in [0.15, 0.2) is 6.61 Å². The maximum Gasteiger partial charge on any atom is 0.326 e. The summed E-state index contributed by atoms with van der Waals surface area (Å²) in [6, 6.07) is 6.49. The van der Waals surface area contributed by atoms with E-state index in [1.807, 2.05) is 32.0 Å².